The van der Waals surface area contributed by atoms with E-state index in [9.17, 15) is 9.59 Å². The Morgan fingerprint density at radius 3 is 2.65 bits per heavy atom. The van der Waals surface area contributed by atoms with E-state index in [-0.39, 0.29) is 0 Å². The summed E-state index contributed by atoms with van der Waals surface area (Å²) in [6, 6.07) is 0.364. The standard InChI is InChI=1S/C10H18N4O3/c11-9(15)10(16)17-8-6-13-3-4-14(8)7-1-2-12-5-7/h7-8,12-13H,1-6H2,(H2,11,15)/t7-,8?/m1/s1. The molecule has 0 aliphatic carbocycles. The van der Waals surface area contributed by atoms with Crippen LogP contribution < -0.4 is 16.4 Å². The Bertz CT molecular complexity index is 304. The summed E-state index contributed by atoms with van der Waals surface area (Å²) < 4.78 is 5.10. The average molecular weight is 242 g/mol. The molecule has 0 spiro atoms. The van der Waals surface area contributed by atoms with E-state index < -0.39 is 18.1 Å². The van der Waals surface area contributed by atoms with Crippen LogP contribution in [0.2, 0.25) is 0 Å². The third kappa shape index (κ3) is 2.93. The minimum atomic E-state index is -1.04. The molecule has 2 atom stereocenters. The van der Waals surface area contributed by atoms with Crippen LogP contribution in [0.5, 0.6) is 0 Å². The Labute approximate surface area is 99.6 Å². The number of rotatable bonds is 2. The summed E-state index contributed by atoms with van der Waals surface area (Å²) in [6.07, 6.45) is 0.638. The number of nitrogens with zero attached hydrogens (tertiary/aromatic N) is 1. The molecule has 0 aromatic heterocycles. The van der Waals surface area contributed by atoms with Crippen molar-refractivity contribution < 1.29 is 14.3 Å². The molecule has 7 nitrogen and oxygen atoms in total. The van der Waals surface area contributed by atoms with E-state index in [1.165, 1.54) is 0 Å². The highest BCUT2D eigenvalue weighted by Crippen LogP contribution is 2.15. The maximum absolute atomic E-state index is 11.2. The van der Waals surface area contributed by atoms with E-state index in [0.717, 1.165) is 32.6 Å². The monoisotopic (exact) mass is 242 g/mol. The van der Waals surface area contributed by atoms with Gasteiger partial charge >= 0.3 is 11.9 Å². The average Bonchev–Trinajstić information content (AvgIpc) is 2.83. The first-order valence-electron chi connectivity index (χ1n) is 5.86. The molecule has 2 fully saturated rings. The van der Waals surface area contributed by atoms with E-state index >= 15 is 0 Å². The topological polar surface area (TPSA) is 96.7 Å². The maximum atomic E-state index is 11.2. The van der Waals surface area contributed by atoms with Crippen molar-refractivity contribution in [3.63, 3.8) is 0 Å². The van der Waals surface area contributed by atoms with Gasteiger partial charge in [0.15, 0.2) is 6.23 Å². The number of nitrogens with one attached hydrogen (secondary N) is 2. The number of nitrogens with two attached hydrogens (primary N) is 1. The van der Waals surface area contributed by atoms with Gasteiger partial charge < -0.3 is 21.1 Å². The van der Waals surface area contributed by atoms with Crippen molar-refractivity contribution >= 4 is 11.9 Å². The van der Waals surface area contributed by atoms with Crippen molar-refractivity contribution in [1.82, 2.24) is 15.5 Å². The van der Waals surface area contributed by atoms with Gasteiger partial charge in [-0.05, 0) is 13.0 Å². The fourth-order valence-electron chi connectivity index (χ4n) is 2.33. The molecule has 0 radical (unpaired) electrons. The minimum Gasteiger partial charge on any atom is -0.438 e. The number of amides is 1. The largest absolute Gasteiger partial charge is 0.438 e. The van der Waals surface area contributed by atoms with Gasteiger partial charge in [0.05, 0.1) is 0 Å². The molecule has 2 aliphatic heterocycles. The molecule has 0 aromatic carbocycles. The van der Waals surface area contributed by atoms with Gasteiger partial charge in [-0.3, -0.25) is 9.69 Å². The van der Waals surface area contributed by atoms with Crippen LogP contribution in [-0.4, -0.2) is 61.8 Å². The van der Waals surface area contributed by atoms with Gasteiger partial charge in [0.2, 0.25) is 0 Å². The van der Waals surface area contributed by atoms with Crippen molar-refractivity contribution in [2.45, 2.75) is 18.7 Å². The Hall–Kier alpha value is -1.18. The van der Waals surface area contributed by atoms with Crippen LogP contribution in [0.25, 0.3) is 0 Å². The molecule has 2 aliphatic rings. The lowest BCUT2D eigenvalue weighted by atomic mass is 10.2. The van der Waals surface area contributed by atoms with Crippen LogP contribution in [0.3, 0.4) is 0 Å². The molecule has 7 heteroatoms. The number of carbonyl (C=O) groups excluding carboxylic acids is 2. The van der Waals surface area contributed by atoms with Crippen LogP contribution in [-0.2, 0) is 14.3 Å². The molecular weight excluding hydrogens is 224 g/mol. The fourth-order valence-corrected chi connectivity index (χ4v) is 2.33. The van der Waals surface area contributed by atoms with Crippen molar-refractivity contribution in [3.05, 3.63) is 0 Å². The number of ether oxygens (including phenoxy) is 1. The molecule has 0 bridgehead atoms. The van der Waals surface area contributed by atoms with E-state index in [1.54, 1.807) is 0 Å². The van der Waals surface area contributed by atoms with Crippen LogP contribution in [0, 0.1) is 0 Å². The summed E-state index contributed by atoms with van der Waals surface area (Å²) in [5, 5.41) is 6.41. The zero-order valence-electron chi connectivity index (χ0n) is 9.65. The van der Waals surface area contributed by atoms with E-state index in [2.05, 4.69) is 15.5 Å². The molecule has 96 valence electrons. The predicted octanol–water partition coefficient (Wildman–Crippen LogP) is -2.39. The highest BCUT2D eigenvalue weighted by molar-refractivity contribution is 6.31. The summed E-state index contributed by atoms with van der Waals surface area (Å²) in [4.78, 5) is 24.0. The molecule has 2 heterocycles. The van der Waals surface area contributed by atoms with Crippen LogP contribution in [0.1, 0.15) is 6.42 Å². The quantitative estimate of drug-likeness (QED) is 0.369. The van der Waals surface area contributed by atoms with Crippen LogP contribution in [0.15, 0.2) is 0 Å². The fraction of sp³-hybridized carbons (Fsp3) is 0.800. The van der Waals surface area contributed by atoms with Gasteiger partial charge in [0, 0.05) is 32.2 Å². The SMILES string of the molecule is NC(=O)C(=O)OC1CNCCN1[C@@H]1CCNC1. The van der Waals surface area contributed by atoms with Crippen molar-refractivity contribution in [1.29, 1.82) is 0 Å². The molecule has 2 rings (SSSR count). The first-order chi connectivity index (χ1) is 8.18. The molecule has 2 saturated heterocycles. The van der Waals surface area contributed by atoms with Crippen LogP contribution >= 0.6 is 0 Å². The Morgan fingerprint density at radius 1 is 1.24 bits per heavy atom. The zero-order chi connectivity index (χ0) is 12.3. The number of esters is 1. The second-order valence-electron chi connectivity index (χ2n) is 4.31. The van der Waals surface area contributed by atoms with E-state index in [4.69, 9.17) is 10.5 Å². The molecule has 17 heavy (non-hydrogen) atoms. The summed E-state index contributed by atoms with van der Waals surface area (Å²) in [5.74, 6) is -2.00. The minimum absolute atomic E-state index is 0.364. The van der Waals surface area contributed by atoms with Gasteiger partial charge in [-0.25, -0.2) is 4.79 Å². The smallest absolute Gasteiger partial charge is 0.398 e. The van der Waals surface area contributed by atoms with Crippen molar-refractivity contribution in [2.24, 2.45) is 5.73 Å². The summed E-state index contributed by atoms with van der Waals surface area (Å²) in [6.45, 7) is 4.08. The molecule has 0 saturated carbocycles. The Kier molecular flexibility index (Phi) is 3.93. The maximum Gasteiger partial charge on any atom is 0.398 e. The first kappa shape index (κ1) is 12.3. The zero-order valence-corrected chi connectivity index (χ0v) is 9.65. The molecule has 0 aromatic rings. The number of hydrogen-bond acceptors (Lipinski definition) is 6. The third-order valence-corrected chi connectivity index (χ3v) is 3.18. The number of hydrogen-bond donors (Lipinski definition) is 3. The van der Waals surface area contributed by atoms with Gasteiger partial charge in [-0.2, -0.15) is 0 Å². The van der Waals surface area contributed by atoms with Crippen LogP contribution in [0.4, 0.5) is 0 Å². The lowest BCUT2D eigenvalue weighted by molar-refractivity contribution is -0.168. The summed E-state index contributed by atoms with van der Waals surface area (Å²) >= 11 is 0. The number of carbonyl (C=O) groups is 2. The second-order valence-corrected chi connectivity index (χ2v) is 4.31. The first-order valence-corrected chi connectivity index (χ1v) is 5.86. The van der Waals surface area contributed by atoms with Crippen molar-refractivity contribution in [2.75, 3.05) is 32.7 Å². The number of primary amides is 1. The van der Waals surface area contributed by atoms with Gasteiger partial charge in [-0.1, -0.05) is 0 Å². The highest BCUT2D eigenvalue weighted by Gasteiger charge is 2.33. The highest BCUT2D eigenvalue weighted by atomic mass is 16.6. The van der Waals surface area contributed by atoms with E-state index in [1.807, 2.05) is 0 Å². The lowest BCUT2D eigenvalue weighted by Gasteiger charge is -2.38. The molecular formula is C10H18N4O3. The Morgan fingerprint density at radius 2 is 2.00 bits per heavy atom. The third-order valence-electron chi connectivity index (χ3n) is 3.18. The summed E-state index contributed by atoms with van der Waals surface area (Å²) in [7, 11) is 0. The predicted molar refractivity (Wildman–Crippen MR) is 59.9 cm³/mol. The van der Waals surface area contributed by atoms with Gasteiger partial charge in [-0.15, -0.1) is 0 Å². The second kappa shape index (κ2) is 5.44. The number of piperazine rings is 1. The van der Waals surface area contributed by atoms with Gasteiger partial charge in [0.1, 0.15) is 0 Å². The lowest BCUT2D eigenvalue weighted by Crippen LogP contribution is -2.57. The van der Waals surface area contributed by atoms with E-state index in [0.29, 0.717) is 12.6 Å². The Balaban J connectivity index is 1.96. The van der Waals surface area contributed by atoms with Crippen molar-refractivity contribution in [3.8, 4) is 0 Å². The molecule has 1 unspecified atom stereocenters. The van der Waals surface area contributed by atoms with Gasteiger partial charge in [0.25, 0.3) is 0 Å². The summed E-state index contributed by atoms with van der Waals surface area (Å²) in [5.41, 5.74) is 4.89. The normalized spacial score (nSPS) is 30.1. The molecule has 1 amide bonds. The molecule has 4 N–H and O–H groups in total.